The molecule has 2 unspecified atom stereocenters. The molecule has 1 aromatic rings. The maximum Gasteiger partial charge on any atom is 0.122 e. The van der Waals surface area contributed by atoms with Crippen molar-refractivity contribution in [3.05, 3.63) is 18.2 Å². The zero-order valence-electron chi connectivity index (χ0n) is 11.2. The van der Waals surface area contributed by atoms with Gasteiger partial charge in [-0.25, -0.2) is 4.98 Å². The van der Waals surface area contributed by atoms with E-state index >= 15 is 0 Å². The van der Waals surface area contributed by atoms with E-state index in [0.717, 1.165) is 26.2 Å². The monoisotopic (exact) mass is 236 g/mol. The normalized spacial score (nSPS) is 19.9. The summed E-state index contributed by atoms with van der Waals surface area (Å²) in [5, 5.41) is 3.58. The Hall–Kier alpha value is -0.870. The van der Waals surface area contributed by atoms with Crippen molar-refractivity contribution >= 4 is 0 Å². The van der Waals surface area contributed by atoms with E-state index in [-0.39, 0.29) is 0 Å². The molecule has 2 rings (SSSR count). The molecule has 0 aromatic carbocycles. The lowest BCUT2D eigenvalue weighted by Gasteiger charge is -2.33. The topological polar surface area (TPSA) is 33.1 Å². The maximum absolute atomic E-state index is 4.40. The summed E-state index contributed by atoms with van der Waals surface area (Å²) in [6.07, 6.45) is 5.17. The van der Waals surface area contributed by atoms with Crippen LogP contribution in [0.25, 0.3) is 0 Å². The molecule has 2 heterocycles. The molecular weight excluding hydrogens is 212 g/mol. The number of hydrogen-bond donors (Lipinski definition) is 1. The van der Waals surface area contributed by atoms with Crippen LogP contribution in [-0.2, 0) is 13.1 Å². The molecule has 96 valence electrons. The van der Waals surface area contributed by atoms with Gasteiger partial charge in [-0.3, -0.25) is 4.90 Å². The summed E-state index contributed by atoms with van der Waals surface area (Å²) in [6, 6.07) is 1.19. The van der Waals surface area contributed by atoms with Gasteiger partial charge in [0.15, 0.2) is 0 Å². The summed E-state index contributed by atoms with van der Waals surface area (Å²) in [5.41, 5.74) is 0. The molecular formula is C13H24N4. The second-order valence-electron chi connectivity index (χ2n) is 5.07. The number of aromatic nitrogens is 2. The molecule has 1 N–H and O–H groups in total. The Balaban J connectivity index is 1.83. The molecule has 0 saturated heterocycles. The van der Waals surface area contributed by atoms with Crippen molar-refractivity contribution in [2.24, 2.45) is 0 Å². The Labute approximate surface area is 104 Å². The zero-order valence-corrected chi connectivity index (χ0v) is 11.2. The molecule has 1 aromatic heterocycles. The van der Waals surface area contributed by atoms with Gasteiger partial charge in [-0.05, 0) is 20.3 Å². The average molecular weight is 236 g/mol. The highest BCUT2D eigenvalue weighted by Gasteiger charge is 2.20. The van der Waals surface area contributed by atoms with E-state index in [0.29, 0.717) is 12.1 Å². The molecule has 0 amide bonds. The highest BCUT2D eigenvalue weighted by Crippen LogP contribution is 2.12. The summed E-state index contributed by atoms with van der Waals surface area (Å²) in [5.74, 6) is 1.20. The second kappa shape index (κ2) is 5.65. The first kappa shape index (κ1) is 12.6. The second-order valence-corrected chi connectivity index (χ2v) is 5.07. The minimum atomic E-state index is 0.578. The average Bonchev–Trinajstić information content (AvgIpc) is 2.82. The predicted molar refractivity (Wildman–Crippen MR) is 69.9 cm³/mol. The van der Waals surface area contributed by atoms with E-state index in [4.69, 9.17) is 0 Å². The van der Waals surface area contributed by atoms with Crippen LogP contribution in [0.3, 0.4) is 0 Å². The Bertz CT molecular complexity index is 347. The fraction of sp³-hybridized carbons (Fsp3) is 0.769. The van der Waals surface area contributed by atoms with Gasteiger partial charge in [0.1, 0.15) is 5.82 Å². The van der Waals surface area contributed by atoms with Crippen molar-refractivity contribution < 1.29 is 0 Å². The fourth-order valence-electron chi connectivity index (χ4n) is 2.21. The quantitative estimate of drug-likeness (QED) is 0.840. The highest BCUT2D eigenvalue weighted by atomic mass is 15.3. The van der Waals surface area contributed by atoms with Crippen molar-refractivity contribution in [3.63, 3.8) is 0 Å². The van der Waals surface area contributed by atoms with Crippen LogP contribution in [-0.4, -0.2) is 39.6 Å². The smallest absolute Gasteiger partial charge is 0.122 e. The third-order valence-corrected chi connectivity index (χ3v) is 3.77. The van der Waals surface area contributed by atoms with E-state index < -0.39 is 0 Å². The zero-order chi connectivity index (χ0) is 12.3. The fourth-order valence-corrected chi connectivity index (χ4v) is 2.21. The first-order valence-corrected chi connectivity index (χ1v) is 6.68. The first-order valence-electron chi connectivity index (χ1n) is 6.68. The lowest BCUT2D eigenvalue weighted by molar-refractivity contribution is 0.157. The van der Waals surface area contributed by atoms with Crippen molar-refractivity contribution in [2.45, 2.75) is 52.4 Å². The van der Waals surface area contributed by atoms with Crippen molar-refractivity contribution in [1.82, 2.24) is 19.8 Å². The van der Waals surface area contributed by atoms with Crippen molar-refractivity contribution in [2.75, 3.05) is 13.1 Å². The molecule has 4 heteroatoms. The third kappa shape index (κ3) is 3.07. The molecule has 2 atom stereocenters. The van der Waals surface area contributed by atoms with Crippen LogP contribution in [0.5, 0.6) is 0 Å². The SMILES string of the molecule is CCC(C)NCC(C)N1CCn2ccnc2C1. The molecule has 4 nitrogen and oxygen atoms in total. The number of nitrogens with zero attached hydrogens (tertiary/aromatic N) is 3. The van der Waals surface area contributed by atoms with Gasteiger partial charge in [-0.15, -0.1) is 0 Å². The van der Waals surface area contributed by atoms with Crippen LogP contribution in [0.4, 0.5) is 0 Å². The largest absolute Gasteiger partial charge is 0.333 e. The van der Waals surface area contributed by atoms with Gasteiger partial charge in [0, 0.05) is 44.1 Å². The molecule has 1 aliphatic heterocycles. The van der Waals surface area contributed by atoms with Gasteiger partial charge in [0.05, 0.1) is 6.54 Å². The number of hydrogen-bond acceptors (Lipinski definition) is 3. The Morgan fingerprint density at radius 2 is 2.24 bits per heavy atom. The van der Waals surface area contributed by atoms with Crippen LogP contribution >= 0.6 is 0 Å². The number of imidazole rings is 1. The van der Waals surface area contributed by atoms with Crippen LogP contribution < -0.4 is 5.32 Å². The van der Waals surface area contributed by atoms with Gasteiger partial charge in [0.2, 0.25) is 0 Å². The van der Waals surface area contributed by atoms with Gasteiger partial charge < -0.3 is 9.88 Å². The van der Waals surface area contributed by atoms with Gasteiger partial charge in [-0.1, -0.05) is 6.92 Å². The lowest BCUT2D eigenvalue weighted by atomic mass is 10.2. The van der Waals surface area contributed by atoms with Crippen LogP contribution in [0.2, 0.25) is 0 Å². The molecule has 1 aliphatic rings. The summed E-state index contributed by atoms with van der Waals surface area (Å²) >= 11 is 0. The van der Waals surface area contributed by atoms with Gasteiger partial charge >= 0.3 is 0 Å². The van der Waals surface area contributed by atoms with E-state index in [9.17, 15) is 0 Å². The Morgan fingerprint density at radius 1 is 1.41 bits per heavy atom. The van der Waals surface area contributed by atoms with Crippen molar-refractivity contribution in [1.29, 1.82) is 0 Å². The van der Waals surface area contributed by atoms with Crippen LogP contribution in [0.15, 0.2) is 12.4 Å². The third-order valence-electron chi connectivity index (χ3n) is 3.77. The van der Waals surface area contributed by atoms with Crippen LogP contribution in [0, 0.1) is 0 Å². The van der Waals surface area contributed by atoms with Gasteiger partial charge in [-0.2, -0.15) is 0 Å². The van der Waals surface area contributed by atoms with E-state index in [1.807, 2.05) is 6.20 Å². The predicted octanol–water partition coefficient (Wildman–Crippen LogP) is 1.48. The van der Waals surface area contributed by atoms with Gasteiger partial charge in [0.25, 0.3) is 0 Å². The molecule has 0 aliphatic carbocycles. The summed E-state index contributed by atoms with van der Waals surface area (Å²) in [7, 11) is 0. The Kier molecular flexibility index (Phi) is 4.18. The molecule has 0 spiro atoms. The summed E-state index contributed by atoms with van der Waals surface area (Å²) in [4.78, 5) is 6.91. The van der Waals surface area contributed by atoms with E-state index in [2.05, 4.69) is 46.7 Å². The van der Waals surface area contributed by atoms with Crippen molar-refractivity contribution in [3.8, 4) is 0 Å². The highest BCUT2D eigenvalue weighted by molar-refractivity contribution is 4.96. The summed E-state index contributed by atoms with van der Waals surface area (Å²) < 4.78 is 2.26. The van der Waals surface area contributed by atoms with Crippen LogP contribution in [0.1, 0.15) is 33.0 Å². The molecule has 0 fully saturated rings. The van der Waals surface area contributed by atoms with E-state index in [1.54, 1.807) is 0 Å². The Morgan fingerprint density at radius 3 is 3.00 bits per heavy atom. The summed E-state index contributed by atoms with van der Waals surface area (Å²) in [6.45, 7) is 11.0. The molecule has 0 bridgehead atoms. The number of rotatable bonds is 5. The van der Waals surface area contributed by atoms with E-state index in [1.165, 1.54) is 12.2 Å². The first-order chi connectivity index (χ1) is 8.20. The minimum absolute atomic E-state index is 0.578. The number of fused-ring (bicyclic) bond motifs is 1. The lowest BCUT2D eigenvalue weighted by Crippen LogP contribution is -2.45. The molecule has 0 radical (unpaired) electrons. The number of nitrogens with one attached hydrogen (secondary N) is 1. The minimum Gasteiger partial charge on any atom is -0.333 e. The molecule has 17 heavy (non-hydrogen) atoms. The standard InChI is InChI=1S/C13H24N4/c1-4-11(2)15-9-12(3)17-8-7-16-6-5-14-13(16)10-17/h5-6,11-12,15H,4,7-10H2,1-3H3. The molecule has 0 saturated carbocycles. The maximum atomic E-state index is 4.40.